The number of aliphatic carboxylic acids is 1. The lowest BCUT2D eigenvalue weighted by molar-refractivity contribution is -0.139. The number of imidazole rings is 1. The number of nitrogens with one attached hydrogen (secondary N) is 2. The Bertz CT molecular complexity index is 3270. The molecule has 71 heavy (non-hydrogen) atoms. The topological polar surface area (TPSA) is 286 Å². The van der Waals surface area contributed by atoms with Crippen LogP contribution >= 0.6 is 23.2 Å². The van der Waals surface area contributed by atoms with Crippen LogP contribution in [0.25, 0.3) is 16.6 Å². The minimum atomic E-state index is -4.68. The Balaban J connectivity index is 0.000000183. The zero-order chi connectivity index (χ0) is 51.8. The fraction of sp³-hybridized carbons (Fsp3) is 0.273. The SMILES string of the molecule is CC(C)=C1OC(=O)N(c2cc(OC3CCCC3)c(Cl)cc2F)C1=O.CCS(=O)(=O)c1nc2ccccn2c1S(=O)(=O)NC(=O)Nc1nc(OC)cc(OC)n1.O=C(O)COc1ccc(Cl)c2cccnc12. The van der Waals surface area contributed by atoms with E-state index in [1.807, 2.05) is 0 Å². The zero-order valence-electron chi connectivity index (χ0n) is 38.1. The largest absolute Gasteiger partial charge is 0.489 e. The van der Waals surface area contributed by atoms with Crippen LogP contribution < -0.4 is 33.9 Å². The molecular formula is C44H43Cl2FN8O14S2. The number of fused-ring (bicyclic) bond motifs is 2. The monoisotopic (exact) mass is 1060 g/mol. The van der Waals surface area contributed by atoms with Crippen molar-refractivity contribution in [3.8, 4) is 23.3 Å². The van der Waals surface area contributed by atoms with Gasteiger partial charge in [-0.05, 0) is 87.6 Å². The molecular weight excluding hydrogens is 1020 g/mol. The van der Waals surface area contributed by atoms with Crippen molar-refractivity contribution in [3.05, 3.63) is 100 Å². The quantitative estimate of drug-likeness (QED) is 0.0951. The number of sulfone groups is 1. The first-order chi connectivity index (χ1) is 33.7. The van der Waals surface area contributed by atoms with E-state index in [1.54, 1.807) is 55.1 Å². The van der Waals surface area contributed by atoms with Gasteiger partial charge in [-0.25, -0.2) is 41.8 Å². The van der Waals surface area contributed by atoms with Gasteiger partial charge in [-0.2, -0.15) is 18.4 Å². The lowest BCUT2D eigenvalue weighted by Crippen LogP contribution is -2.36. The predicted molar refractivity (Wildman–Crippen MR) is 254 cm³/mol. The van der Waals surface area contributed by atoms with E-state index in [0.717, 1.165) is 41.5 Å². The number of hydrogen-bond acceptors (Lipinski definition) is 17. The second-order valence-electron chi connectivity index (χ2n) is 15.1. The van der Waals surface area contributed by atoms with Crippen LogP contribution in [0.15, 0.2) is 94.4 Å². The van der Waals surface area contributed by atoms with Crippen molar-refractivity contribution >= 4 is 95.2 Å². The highest BCUT2D eigenvalue weighted by Gasteiger charge is 2.40. The van der Waals surface area contributed by atoms with E-state index in [-0.39, 0.29) is 57.4 Å². The number of ether oxygens (including phenoxy) is 5. The second kappa shape index (κ2) is 22.6. The number of amides is 4. The molecule has 0 radical (unpaired) electrons. The number of carbonyl (C=O) groups is 4. The molecule has 4 amide bonds. The van der Waals surface area contributed by atoms with Crippen LogP contribution in [0.5, 0.6) is 23.3 Å². The van der Waals surface area contributed by atoms with Gasteiger partial charge in [-0.3, -0.25) is 19.5 Å². The third-order valence-electron chi connectivity index (χ3n) is 10.0. The number of allylic oxidation sites excluding steroid dienone is 1. The van der Waals surface area contributed by atoms with E-state index in [0.29, 0.717) is 26.8 Å². The van der Waals surface area contributed by atoms with Crippen LogP contribution in [0.4, 0.5) is 25.6 Å². The fourth-order valence-electron chi connectivity index (χ4n) is 6.72. The number of hydrogen-bond donors (Lipinski definition) is 3. The number of benzene rings is 2. The van der Waals surface area contributed by atoms with Gasteiger partial charge in [0.25, 0.3) is 10.0 Å². The van der Waals surface area contributed by atoms with Gasteiger partial charge in [-0.15, -0.1) is 0 Å². The summed E-state index contributed by atoms with van der Waals surface area (Å²) in [6.07, 6.45) is 5.92. The van der Waals surface area contributed by atoms with E-state index >= 15 is 0 Å². The number of sulfonamides is 1. The summed E-state index contributed by atoms with van der Waals surface area (Å²) in [6, 6.07) is 13.8. The summed E-state index contributed by atoms with van der Waals surface area (Å²) in [5.74, 6) is -2.51. The van der Waals surface area contributed by atoms with Crippen molar-refractivity contribution in [1.82, 2.24) is 29.1 Å². The third-order valence-corrected chi connectivity index (χ3v) is 13.8. The van der Waals surface area contributed by atoms with E-state index in [2.05, 4.69) is 25.3 Å². The number of rotatable bonds is 13. The molecule has 1 saturated heterocycles. The van der Waals surface area contributed by atoms with Crippen LogP contribution in [-0.2, 0) is 34.2 Å². The second-order valence-corrected chi connectivity index (χ2v) is 19.7. The Hall–Kier alpha value is -7.35. The Kier molecular flexibility index (Phi) is 16.9. The first-order valence-corrected chi connectivity index (χ1v) is 24.8. The van der Waals surface area contributed by atoms with E-state index in [1.165, 1.54) is 51.6 Å². The number of halogens is 3. The molecule has 5 heterocycles. The predicted octanol–water partition coefficient (Wildman–Crippen LogP) is 7.37. The Morgan fingerprint density at radius 2 is 1.61 bits per heavy atom. The van der Waals surface area contributed by atoms with Gasteiger partial charge in [0, 0.05) is 23.8 Å². The van der Waals surface area contributed by atoms with Gasteiger partial charge in [-0.1, -0.05) is 36.2 Å². The van der Waals surface area contributed by atoms with E-state index in [4.69, 9.17) is 52.0 Å². The first-order valence-electron chi connectivity index (χ1n) is 21.0. The van der Waals surface area contributed by atoms with Crippen LogP contribution in [0.1, 0.15) is 46.5 Å². The van der Waals surface area contributed by atoms with E-state index < -0.39 is 66.3 Å². The van der Waals surface area contributed by atoms with Gasteiger partial charge in [0.2, 0.25) is 17.7 Å². The molecule has 6 aromatic rings. The lowest BCUT2D eigenvalue weighted by Gasteiger charge is -2.18. The summed E-state index contributed by atoms with van der Waals surface area (Å²) >= 11 is 12.0. The van der Waals surface area contributed by atoms with Crippen molar-refractivity contribution in [1.29, 1.82) is 0 Å². The number of urea groups is 1. The lowest BCUT2D eigenvalue weighted by atomic mass is 10.2. The summed E-state index contributed by atoms with van der Waals surface area (Å²) in [7, 11) is -6.04. The van der Waals surface area contributed by atoms with E-state index in [9.17, 15) is 40.4 Å². The van der Waals surface area contributed by atoms with Gasteiger partial charge in [0.15, 0.2) is 32.3 Å². The van der Waals surface area contributed by atoms with Gasteiger partial charge in [0.05, 0.1) is 47.9 Å². The number of carbonyl (C=O) groups excluding carboxylic acids is 3. The molecule has 2 aliphatic rings. The molecule has 8 rings (SSSR count). The summed E-state index contributed by atoms with van der Waals surface area (Å²) in [4.78, 5) is 63.5. The highest BCUT2D eigenvalue weighted by Crippen LogP contribution is 2.38. The number of methoxy groups -OCH3 is 2. The number of carboxylic acid groups (broad SMARTS) is 1. The molecule has 4 aromatic heterocycles. The first kappa shape index (κ1) is 53.0. The summed E-state index contributed by atoms with van der Waals surface area (Å²) in [5.41, 5.74) is 0.957. The molecule has 2 fully saturated rings. The minimum Gasteiger partial charge on any atom is -0.489 e. The average molecular weight is 1060 g/mol. The number of aromatic nitrogens is 5. The molecule has 0 spiro atoms. The molecule has 22 nitrogen and oxygen atoms in total. The maximum atomic E-state index is 14.3. The summed E-state index contributed by atoms with van der Waals surface area (Å²) < 4.78 is 93.7. The molecule has 3 N–H and O–H groups in total. The molecule has 1 saturated carbocycles. The van der Waals surface area contributed by atoms with Crippen LogP contribution in [0.3, 0.4) is 0 Å². The summed E-state index contributed by atoms with van der Waals surface area (Å²) in [6.45, 7) is 4.23. The van der Waals surface area contributed by atoms with Crippen LogP contribution in [0.2, 0.25) is 10.0 Å². The Labute approximate surface area is 414 Å². The smallest absolute Gasteiger partial charge is 0.427 e. The van der Waals surface area contributed by atoms with Crippen molar-refractivity contribution in [2.45, 2.75) is 62.6 Å². The average Bonchev–Trinajstić information content (AvgIpc) is 4.08. The Morgan fingerprint density at radius 1 is 0.915 bits per heavy atom. The number of imide groups is 1. The fourth-order valence-corrected chi connectivity index (χ4v) is 9.79. The zero-order valence-corrected chi connectivity index (χ0v) is 41.3. The number of nitrogens with zero attached hydrogens (tertiary/aromatic N) is 6. The molecule has 27 heteroatoms. The van der Waals surface area contributed by atoms with Crippen LogP contribution in [0, 0.1) is 5.82 Å². The maximum absolute atomic E-state index is 14.3. The van der Waals surface area contributed by atoms with Gasteiger partial charge < -0.3 is 28.8 Å². The Morgan fingerprint density at radius 3 is 2.23 bits per heavy atom. The highest BCUT2D eigenvalue weighted by molar-refractivity contribution is 7.93. The molecule has 376 valence electrons. The molecule has 1 aliphatic heterocycles. The number of carboxylic acids is 1. The summed E-state index contributed by atoms with van der Waals surface area (Å²) in [5, 5.41) is 10.7. The maximum Gasteiger partial charge on any atom is 0.427 e. The number of anilines is 2. The normalized spacial score (nSPS) is 13.7. The van der Waals surface area contributed by atoms with Gasteiger partial charge >= 0.3 is 24.0 Å². The molecule has 0 atom stereocenters. The van der Waals surface area contributed by atoms with Crippen molar-refractivity contribution in [2.75, 3.05) is 36.8 Å². The molecule has 0 unspecified atom stereocenters. The van der Waals surface area contributed by atoms with Crippen LogP contribution in [-0.4, -0.2) is 103 Å². The standard InChI is InChI=1S/C17H17ClFNO4.C16H18N6O7S2.C11H8ClNO3/c1-9(2)15-16(21)20(17(22)24-15)13-8-14(11(18)7-12(13)19)23-10-5-3-4-6-10;1-4-30(24,25)13-14(22-8-6-5-7-10(22)17-13)31(26,27)21-16(23)20-15-18-11(28-2)9-12(19-15)29-3;12-8-3-4-9(16-6-10(14)15)11-7(8)2-1-5-13-11/h7-8,10H,3-6H2,1-2H3;5-9H,4H2,1-3H3,(H2,18,19,20,21,23);1-5H,6H2,(H,14,15). The molecule has 0 bridgehead atoms. The van der Waals surface area contributed by atoms with Crippen molar-refractivity contribution < 1.29 is 69.2 Å². The van der Waals surface area contributed by atoms with Gasteiger partial charge in [0.1, 0.15) is 28.5 Å². The van der Waals surface area contributed by atoms with Crippen molar-refractivity contribution in [3.63, 3.8) is 0 Å². The molecule has 1 aliphatic carbocycles. The molecule has 2 aromatic carbocycles. The number of cyclic esters (lactones) is 1. The minimum absolute atomic E-state index is 0.00962. The number of pyridine rings is 2. The van der Waals surface area contributed by atoms with Crippen molar-refractivity contribution in [2.24, 2.45) is 0 Å². The third kappa shape index (κ3) is 12.5. The highest BCUT2D eigenvalue weighted by atomic mass is 35.5.